The van der Waals surface area contributed by atoms with Gasteiger partial charge in [-0.15, -0.1) is 11.8 Å². The predicted octanol–water partition coefficient (Wildman–Crippen LogP) is 8.51. The second-order valence-electron chi connectivity index (χ2n) is 9.21. The number of carboxylic acids is 1. The highest BCUT2D eigenvalue weighted by Gasteiger charge is 2.10. The molecular formula is C33H28O5S. The SMILES string of the molecule is Cc1coc(-c2ccc(C(=CCSc3ccc(OCC(=O)O)cc3)c3ccc(-c4cc(C)co4)cc3)cc2)c1. The Bertz CT molecular complexity index is 1490. The summed E-state index contributed by atoms with van der Waals surface area (Å²) >= 11 is 1.70. The monoisotopic (exact) mass is 536 g/mol. The lowest BCUT2D eigenvalue weighted by molar-refractivity contribution is -0.139. The van der Waals surface area contributed by atoms with E-state index in [9.17, 15) is 4.79 Å². The van der Waals surface area contributed by atoms with E-state index in [0.717, 1.165) is 61.1 Å². The van der Waals surface area contributed by atoms with Crippen LogP contribution in [0.5, 0.6) is 5.75 Å². The molecule has 0 fully saturated rings. The zero-order valence-corrected chi connectivity index (χ0v) is 22.5. The number of furan rings is 2. The minimum Gasteiger partial charge on any atom is -0.482 e. The average Bonchev–Trinajstić information content (AvgIpc) is 3.59. The molecule has 2 aromatic heterocycles. The molecule has 196 valence electrons. The van der Waals surface area contributed by atoms with Crippen molar-refractivity contribution in [2.45, 2.75) is 18.7 Å². The summed E-state index contributed by atoms with van der Waals surface area (Å²) in [5.41, 5.74) is 7.63. The fourth-order valence-electron chi connectivity index (χ4n) is 4.19. The summed E-state index contributed by atoms with van der Waals surface area (Å²) in [6.45, 7) is 3.68. The maximum atomic E-state index is 10.7. The van der Waals surface area contributed by atoms with E-state index in [1.807, 2.05) is 38.1 Å². The number of benzene rings is 3. The van der Waals surface area contributed by atoms with Crippen molar-refractivity contribution in [2.75, 3.05) is 12.4 Å². The van der Waals surface area contributed by atoms with Crippen LogP contribution in [-0.2, 0) is 4.79 Å². The number of carbonyl (C=O) groups is 1. The van der Waals surface area contributed by atoms with Crippen LogP contribution in [0.3, 0.4) is 0 Å². The summed E-state index contributed by atoms with van der Waals surface area (Å²) in [5.74, 6) is 2.01. The van der Waals surface area contributed by atoms with Gasteiger partial charge in [-0.1, -0.05) is 54.6 Å². The van der Waals surface area contributed by atoms with Gasteiger partial charge in [0.2, 0.25) is 0 Å². The lowest BCUT2D eigenvalue weighted by atomic mass is 9.95. The first-order chi connectivity index (χ1) is 18.9. The molecule has 5 nitrogen and oxygen atoms in total. The first-order valence-electron chi connectivity index (χ1n) is 12.5. The van der Waals surface area contributed by atoms with Gasteiger partial charge >= 0.3 is 5.97 Å². The molecule has 6 heteroatoms. The molecule has 0 bridgehead atoms. The van der Waals surface area contributed by atoms with E-state index < -0.39 is 5.97 Å². The van der Waals surface area contributed by atoms with Crippen molar-refractivity contribution >= 4 is 23.3 Å². The van der Waals surface area contributed by atoms with Gasteiger partial charge in [0, 0.05) is 21.8 Å². The fourth-order valence-corrected chi connectivity index (χ4v) is 4.97. The Morgan fingerprint density at radius 2 is 1.31 bits per heavy atom. The van der Waals surface area contributed by atoms with E-state index in [2.05, 4.69) is 54.6 Å². The number of aryl methyl sites for hydroxylation is 2. The third kappa shape index (κ3) is 6.72. The van der Waals surface area contributed by atoms with Crippen LogP contribution in [0.25, 0.3) is 28.2 Å². The summed E-state index contributed by atoms with van der Waals surface area (Å²) in [5, 5.41) is 8.79. The molecule has 0 spiro atoms. The first kappa shape index (κ1) is 26.2. The van der Waals surface area contributed by atoms with Gasteiger partial charge in [0.05, 0.1) is 12.5 Å². The molecule has 39 heavy (non-hydrogen) atoms. The first-order valence-corrected chi connectivity index (χ1v) is 13.5. The number of thioether (sulfide) groups is 1. The number of carboxylic acid groups (broad SMARTS) is 1. The molecule has 5 rings (SSSR count). The van der Waals surface area contributed by atoms with Crippen LogP contribution in [0.2, 0.25) is 0 Å². The predicted molar refractivity (Wildman–Crippen MR) is 155 cm³/mol. The molecule has 0 saturated heterocycles. The molecule has 0 aliphatic rings. The van der Waals surface area contributed by atoms with Gasteiger partial charge in [-0.05, 0) is 78.1 Å². The quantitative estimate of drug-likeness (QED) is 0.180. The van der Waals surface area contributed by atoms with Crippen LogP contribution in [0.4, 0.5) is 0 Å². The third-order valence-corrected chi connectivity index (χ3v) is 7.08. The average molecular weight is 537 g/mol. The van der Waals surface area contributed by atoms with Crippen LogP contribution in [0.1, 0.15) is 22.3 Å². The van der Waals surface area contributed by atoms with E-state index in [1.54, 1.807) is 36.4 Å². The zero-order chi connectivity index (χ0) is 27.2. The van der Waals surface area contributed by atoms with E-state index in [-0.39, 0.29) is 6.61 Å². The van der Waals surface area contributed by atoms with Gasteiger partial charge in [0.1, 0.15) is 17.3 Å². The molecule has 0 saturated carbocycles. The summed E-state index contributed by atoms with van der Waals surface area (Å²) in [6.07, 6.45) is 5.76. The highest BCUT2D eigenvalue weighted by molar-refractivity contribution is 7.99. The highest BCUT2D eigenvalue weighted by Crippen LogP contribution is 2.31. The summed E-state index contributed by atoms with van der Waals surface area (Å²) in [6, 6.07) is 28.4. The zero-order valence-electron chi connectivity index (χ0n) is 21.7. The van der Waals surface area contributed by atoms with Crippen molar-refractivity contribution in [3.63, 3.8) is 0 Å². The highest BCUT2D eigenvalue weighted by atomic mass is 32.2. The standard InChI is InChI=1S/C33H28O5S/c1-22-17-31(37-19-22)26-7-3-24(4-8-26)30(25-5-9-27(10-6-25)32-18-23(2)20-38-32)15-16-39-29-13-11-28(12-14-29)36-21-33(34)35/h3-15,17-20H,16,21H2,1-2H3,(H,34,35). The van der Waals surface area contributed by atoms with Crippen molar-refractivity contribution in [1.29, 1.82) is 0 Å². The molecule has 5 aromatic rings. The minimum atomic E-state index is -0.995. The lowest BCUT2D eigenvalue weighted by Crippen LogP contribution is -2.09. The van der Waals surface area contributed by atoms with Crippen molar-refractivity contribution in [3.05, 3.63) is 126 Å². The van der Waals surface area contributed by atoms with Crippen molar-refractivity contribution in [2.24, 2.45) is 0 Å². The van der Waals surface area contributed by atoms with E-state index in [1.165, 1.54) is 0 Å². The molecule has 1 N–H and O–H groups in total. The molecule has 2 heterocycles. The number of hydrogen-bond donors (Lipinski definition) is 1. The molecule has 0 atom stereocenters. The summed E-state index contributed by atoms with van der Waals surface area (Å²) in [4.78, 5) is 11.8. The molecule has 3 aromatic carbocycles. The third-order valence-electron chi connectivity index (χ3n) is 6.15. The molecule has 0 aliphatic heterocycles. The number of hydrogen-bond acceptors (Lipinski definition) is 5. The maximum Gasteiger partial charge on any atom is 0.341 e. The largest absolute Gasteiger partial charge is 0.482 e. The lowest BCUT2D eigenvalue weighted by Gasteiger charge is -2.11. The Hall–Kier alpha value is -4.42. The molecular weight excluding hydrogens is 508 g/mol. The Morgan fingerprint density at radius 1 is 0.795 bits per heavy atom. The van der Waals surface area contributed by atoms with Crippen LogP contribution in [0.15, 0.2) is 117 Å². The van der Waals surface area contributed by atoms with Gasteiger partial charge in [0.25, 0.3) is 0 Å². The topological polar surface area (TPSA) is 72.8 Å². The van der Waals surface area contributed by atoms with Crippen molar-refractivity contribution in [3.8, 4) is 28.4 Å². The Labute approximate surface area is 231 Å². The van der Waals surface area contributed by atoms with Crippen LogP contribution in [-0.4, -0.2) is 23.4 Å². The second kappa shape index (κ2) is 12.0. The van der Waals surface area contributed by atoms with Gasteiger partial charge in [0.15, 0.2) is 6.61 Å². The van der Waals surface area contributed by atoms with Crippen LogP contribution in [0, 0.1) is 13.8 Å². The minimum absolute atomic E-state index is 0.352. The number of ether oxygens (including phenoxy) is 1. The van der Waals surface area contributed by atoms with Crippen LogP contribution >= 0.6 is 11.8 Å². The van der Waals surface area contributed by atoms with E-state index in [0.29, 0.717) is 5.75 Å². The van der Waals surface area contributed by atoms with Gasteiger partial charge in [-0.3, -0.25) is 0 Å². The molecule has 0 amide bonds. The number of aliphatic carboxylic acids is 1. The summed E-state index contributed by atoms with van der Waals surface area (Å²) < 4.78 is 16.6. The van der Waals surface area contributed by atoms with Crippen LogP contribution < -0.4 is 4.74 Å². The van der Waals surface area contributed by atoms with Crippen molar-refractivity contribution in [1.82, 2.24) is 0 Å². The van der Waals surface area contributed by atoms with Gasteiger partial charge in [-0.2, -0.15) is 0 Å². The summed E-state index contributed by atoms with van der Waals surface area (Å²) in [7, 11) is 0. The van der Waals surface area contributed by atoms with E-state index >= 15 is 0 Å². The number of rotatable bonds is 10. The Balaban J connectivity index is 1.38. The normalized spacial score (nSPS) is 10.8. The Morgan fingerprint density at radius 3 is 1.74 bits per heavy atom. The molecule has 0 radical (unpaired) electrons. The smallest absolute Gasteiger partial charge is 0.341 e. The van der Waals surface area contributed by atoms with Gasteiger partial charge in [-0.25, -0.2) is 4.79 Å². The van der Waals surface area contributed by atoms with E-state index in [4.69, 9.17) is 18.7 Å². The maximum absolute atomic E-state index is 10.7. The fraction of sp³-hybridized carbons (Fsp3) is 0.121. The molecule has 0 aliphatic carbocycles. The van der Waals surface area contributed by atoms with Crippen molar-refractivity contribution < 1.29 is 23.5 Å². The molecule has 0 unspecified atom stereocenters. The van der Waals surface area contributed by atoms with Gasteiger partial charge < -0.3 is 18.7 Å². The Kier molecular flexibility index (Phi) is 8.04. The second-order valence-corrected chi connectivity index (χ2v) is 10.3.